The second-order valence-corrected chi connectivity index (χ2v) is 7.95. The second-order valence-electron chi connectivity index (χ2n) is 6.66. The number of hydrogen-bond donors (Lipinski definition) is 2. The minimum atomic E-state index is 0.503. The molecule has 2 aromatic rings. The highest BCUT2D eigenvalue weighted by Gasteiger charge is 2.07. The molecule has 0 unspecified atom stereocenters. The first-order valence-corrected chi connectivity index (χ1v) is 9.89. The van der Waals surface area contributed by atoms with Crippen molar-refractivity contribution in [1.29, 1.82) is 0 Å². The van der Waals surface area contributed by atoms with Crippen molar-refractivity contribution in [3.63, 3.8) is 0 Å². The predicted octanol–water partition coefficient (Wildman–Crippen LogP) is 3.70. The molecule has 142 valence electrons. The fourth-order valence-corrected chi connectivity index (χ4v) is 3.31. The Morgan fingerprint density at radius 2 is 2.00 bits per heavy atom. The first-order chi connectivity index (χ1) is 12.5. The molecule has 0 atom stereocenters. The lowest BCUT2D eigenvalue weighted by Crippen LogP contribution is -2.37. The monoisotopic (exact) mass is 374 g/mol. The summed E-state index contributed by atoms with van der Waals surface area (Å²) < 4.78 is 5.91. The van der Waals surface area contributed by atoms with Crippen molar-refractivity contribution in [2.45, 2.75) is 40.7 Å². The Bertz CT molecular complexity index is 705. The van der Waals surface area contributed by atoms with E-state index in [-0.39, 0.29) is 0 Å². The highest BCUT2D eigenvalue weighted by Crippen LogP contribution is 2.18. The molecule has 1 heterocycles. The quantitative estimate of drug-likeness (QED) is 0.546. The number of hydrogen-bond acceptors (Lipinski definition) is 4. The van der Waals surface area contributed by atoms with Gasteiger partial charge in [0.2, 0.25) is 0 Å². The van der Waals surface area contributed by atoms with E-state index in [1.807, 2.05) is 18.2 Å². The standard InChI is InChI=1S/C20H30N4OS/c1-14(2)13-25-18-9-7-6-8-17(18)12-23-20(21-5)22-11-10-19-24-15(3)16(4)26-19/h6-9,14H,10-13H2,1-5H3,(H2,21,22,23). The van der Waals surface area contributed by atoms with E-state index in [1.165, 1.54) is 4.88 Å². The molecule has 0 radical (unpaired) electrons. The summed E-state index contributed by atoms with van der Waals surface area (Å²) in [7, 11) is 1.79. The van der Waals surface area contributed by atoms with Gasteiger partial charge < -0.3 is 15.4 Å². The van der Waals surface area contributed by atoms with Crippen LogP contribution in [0.15, 0.2) is 29.3 Å². The molecular formula is C20H30N4OS. The molecule has 0 fully saturated rings. The van der Waals surface area contributed by atoms with Crippen LogP contribution >= 0.6 is 11.3 Å². The molecule has 2 rings (SSSR count). The third-order valence-electron chi connectivity index (χ3n) is 3.92. The number of thiazole rings is 1. The molecule has 6 heteroatoms. The van der Waals surface area contributed by atoms with E-state index < -0.39 is 0 Å². The van der Waals surface area contributed by atoms with Gasteiger partial charge in [-0.15, -0.1) is 11.3 Å². The van der Waals surface area contributed by atoms with Gasteiger partial charge >= 0.3 is 0 Å². The molecule has 1 aromatic heterocycles. The fourth-order valence-electron chi connectivity index (χ4n) is 2.38. The molecule has 0 bridgehead atoms. The Labute approximate surface area is 160 Å². The van der Waals surface area contributed by atoms with Crippen molar-refractivity contribution >= 4 is 17.3 Å². The van der Waals surface area contributed by atoms with Gasteiger partial charge in [-0.1, -0.05) is 32.0 Å². The van der Waals surface area contributed by atoms with Crippen LogP contribution in [0.1, 0.15) is 35.0 Å². The molecule has 0 saturated carbocycles. The Kier molecular flexibility index (Phi) is 7.91. The van der Waals surface area contributed by atoms with Gasteiger partial charge in [0.1, 0.15) is 5.75 Å². The van der Waals surface area contributed by atoms with E-state index in [1.54, 1.807) is 18.4 Å². The summed E-state index contributed by atoms with van der Waals surface area (Å²) >= 11 is 1.77. The molecule has 5 nitrogen and oxygen atoms in total. The summed E-state index contributed by atoms with van der Waals surface area (Å²) in [4.78, 5) is 10.2. The number of ether oxygens (including phenoxy) is 1. The molecule has 2 N–H and O–H groups in total. The molecule has 0 aliphatic heterocycles. The van der Waals surface area contributed by atoms with Gasteiger partial charge in [-0.25, -0.2) is 4.98 Å². The lowest BCUT2D eigenvalue weighted by Gasteiger charge is -2.15. The topological polar surface area (TPSA) is 58.5 Å². The summed E-state index contributed by atoms with van der Waals surface area (Å²) in [6, 6.07) is 8.13. The van der Waals surface area contributed by atoms with Crippen LogP contribution in [0.2, 0.25) is 0 Å². The Hall–Kier alpha value is -2.08. The number of rotatable bonds is 8. The number of aliphatic imine (C=N–C) groups is 1. The average Bonchev–Trinajstić information content (AvgIpc) is 2.94. The fraction of sp³-hybridized carbons (Fsp3) is 0.500. The van der Waals surface area contributed by atoms with Crippen molar-refractivity contribution in [3.8, 4) is 5.75 Å². The maximum absolute atomic E-state index is 5.91. The average molecular weight is 375 g/mol. The number of aromatic nitrogens is 1. The zero-order valence-corrected chi connectivity index (χ0v) is 17.2. The molecule has 0 aliphatic rings. The van der Waals surface area contributed by atoms with Gasteiger partial charge in [0, 0.05) is 37.0 Å². The van der Waals surface area contributed by atoms with Gasteiger partial charge in [-0.2, -0.15) is 0 Å². The number of nitrogens with one attached hydrogen (secondary N) is 2. The van der Waals surface area contributed by atoms with Crippen LogP contribution < -0.4 is 15.4 Å². The highest BCUT2D eigenvalue weighted by atomic mass is 32.1. The van der Waals surface area contributed by atoms with Crippen LogP contribution in [-0.2, 0) is 13.0 Å². The van der Waals surface area contributed by atoms with Crippen LogP contribution in [0.4, 0.5) is 0 Å². The molecule has 0 saturated heterocycles. The minimum Gasteiger partial charge on any atom is -0.493 e. The zero-order chi connectivity index (χ0) is 18.9. The van der Waals surface area contributed by atoms with E-state index in [0.29, 0.717) is 12.5 Å². The van der Waals surface area contributed by atoms with Crippen LogP contribution in [-0.4, -0.2) is 31.1 Å². The van der Waals surface area contributed by atoms with Gasteiger partial charge in [-0.05, 0) is 25.8 Å². The summed E-state index contributed by atoms with van der Waals surface area (Å²) in [5.41, 5.74) is 2.26. The minimum absolute atomic E-state index is 0.503. The second kappa shape index (κ2) is 10.2. The molecule has 0 amide bonds. The van der Waals surface area contributed by atoms with Gasteiger partial charge in [0.15, 0.2) is 5.96 Å². The van der Waals surface area contributed by atoms with E-state index >= 15 is 0 Å². The van der Waals surface area contributed by atoms with E-state index in [9.17, 15) is 0 Å². The van der Waals surface area contributed by atoms with Crippen molar-refractivity contribution in [2.24, 2.45) is 10.9 Å². The number of guanidine groups is 1. The first kappa shape index (κ1) is 20.2. The summed E-state index contributed by atoms with van der Waals surface area (Å²) in [5, 5.41) is 7.87. The van der Waals surface area contributed by atoms with Crippen LogP contribution in [0.25, 0.3) is 0 Å². The Morgan fingerprint density at radius 3 is 2.65 bits per heavy atom. The van der Waals surface area contributed by atoms with Crippen molar-refractivity contribution in [2.75, 3.05) is 20.2 Å². The molecule has 26 heavy (non-hydrogen) atoms. The van der Waals surface area contributed by atoms with Gasteiger partial charge in [0.25, 0.3) is 0 Å². The molecule has 0 aliphatic carbocycles. The van der Waals surface area contributed by atoms with Gasteiger partial charge in [0.05, 0.1) is 17.3 Å². The van der Waals surface area contributed by atoms with Crippen molar-refractivity contribution in [1.82, 2.24) is 15.6 Å². The number of para-hydroxylation sites is 1. The smallest absolute Gasteiger partial charge is 0.191 e. The van der Waals surface area contributed by atoms with Gasteiger partial charge in [-0.3, -0.25) is 4.99 Å². The lowest BCUT2D eigenvalue weighted by atomic mass is 10.2. The largest absolute Gasteiger partial charge is 0.493 e. The molecule has 0 spiro atoms. The number of benzene rings is 1. The third kappa shape index (κ3) is 6.33. The van der Waals surface area contributed by atoms with E-state index in [0.717, 1.165) is 47.5 Å². The van der Waals surface area contributed by atoms with Crippen molar-refractivity contribution < 1.29 is 4.74 Å². The van der Waals surface area contributed by atoms with Crippen LogP contribution in [0, 0.1) is 19.8 Å². The maximum atomic E-state index is 5.91. The summed E-state index contributed by atoms with van der Waals surface area (Å²) in [6.07, 6.45) is 0.897. The predicted molar refractivity (Wildman–Crippen MR) is 110 cm³/mol. The third-order valence-corrected chi connectivity index (χ3v) is 5.05. The molecule has 1 aromatic carbocycles. The van der Waals surface area contributed by atoms with E-state index in [2.05, 4.69) is 54.4 Å². The highest BCUT2D eigenvalue weighted by molar-refractivity contribution is 7.11. The zero-order valence-electron chi connectivity index (χ0n) is 16.4. The van der Waals surface area contributed by atoms with Crippen molar-refractivity contribution in [3.05, 3.63) is 45.4 Å². The Balaban J connectivity index is 1.83. The summed E-state index contributed by atoms with van der Waals surface area (Å²) in [6.45, 7) is 10.7. The normalized spacial score (nSPS) is 11.7. The van der Waals surface area contributed by atoms with E-state index in [4.69, 9.17) is 4.74 Å². The molecular weight excluding hydrogens is 344 g/mol. The number of nitrogens with zero attached hydrogens (tertiary/aromatic N) is 2. The number of aryl methyl sites for hydroxylation is 2. The summed E-state index contributed by atoms with van der Waals surface area (Å²) in [5.74, 6) is 2.22. The lowest BCUT2D eigenvalue weighted by molar-refractivity contribution is 0.268. The van der Waals surface area contributed by atoms with Crippen LogP contribution in [0.5, 0.6) is 5.75 Å². The Morgan fingerprint density at radius 1 is 1.23 bits per heavy atom. The maximum Gasteiger partial charge on any atom is 0.191 e. The van der Waals surface area contributed by atoms with Crippen LogP contribution in [0.3, 0.4) is 0 Å². The first-order valence-electron chi connectivity index (χ1n) is 9.07. The SMILES string of the molecule is CN=C(NCCc1nc(C)c(C)s1)NCc1ccccc1OCC(C)C.